The lowest BCUT2D eigenvalue weighted by Crippen LogP contribution is -2.22. The van der Waals surface area contributed by atoms with Crippen molar-refractivity contribution in [2.24, 2.45) is 5.73 Å². The van der Waals surface area contributed by atoms with Crippen LogP contribution < -0.4 is 15.8 Å². The fraction of sp³-hybridized carbons (Fsp3) is 0.294. The number of fused-ring (bicyclic) bond motifs is 1. The van der Waals surface area contributed by atoms with E-state index < -0.39 is 17.6 Å². The summed E-state index contributed by atoms with van der Waals surface area (Å²) in [5, 5.41) is 3.22. The fourth-order valence-corrected chi connectivity index (χ4v) is 4.35. The summed E-state index contributed by atoms with van der Waals surface area (Å²) < 4.78 is 18.3. The van der Waals surface area contributed by atoms with Crippen molar-refractivity contribution in [2.75, 3.05) is 11.9 Å². The van der Waals surface area contributed by atoms with Gasteiger partial charge in [0.05, 0.1) is 10.6 Å². The first-order chi connectivity index (χ1) is 12.0. The van der Waals surface area contributed by atoms with Gasteiger partial charge in [-0.2, -0.15) is 0 Å². The normalized spacial score (nSPS) is 13.2. The molecule has 2 aromatic rings. The molecular weight excluding hydrogens is 367 g/mol. The quantitative estimate of drug-likeness (QED) is 0.829. The number of carbonyl (C=O) groups excluding carboxylic acids is 2. The van der Waals surface area contributed by atoms with E-state index in [-0.39, 0.29) is 17.4 Å². The highest BCUT2D eigenvalue weighted by Gasteiger charge is 2.25. The molecule has 0 atom stereocenters. The highest BCUT2D eigenvalue weighted by atomic mass is 35.5. The predicted octanol–water partition coefficient (Wildman–Crippen LogP) is 3.54. The molecule has 3 rings (SSSR count). The second-order valence-corrected chi connectivity index (χ2v) is 7.20. The SMILES string of the molecule is NC(=O)c1c(NC(=O)COc2ccc(F)cc2Cl)sc2c1CCCC2. The molecule has 0 bridgehead atoms. The molecule has 0 spiro atoms. The molecule has 0 fully saturated rings. The number of thiophene rings is 1. The van der Waals surface area contributed by atoms with E-state index in [2.05, 4.69) is 5.32 Å². The molecule has 1 heterocycles. The number of carbonyl (C=O) groups is 2. The van der Waals surface area contributed by atoms with Gasteiger partial charge in [-0.3, -0.25) is 9.59 Å². The van der Waals surface area contributed by atoms with E-state index in [0.717, 1.165) is 42.2 Å². The molecule has 8 heteroatoms. The number of anilines is 1. The predicted molar refractivity (Wildman–Crippen MR) is 95.0 cm³/mol. The summed E-state index contributed by atoms with van der Waals surface area (Å²) in [7, 11) is 0. The van der Waals surface area contributed by atoms with Gasteiger partial charge in [0, 0.05) is 4.88 Å². The van der Waals surface area contributed by atoms with Gasteiger partial charge in [0.15, 0.2) is 6.61 Å². The summed E-state index contributed by atoms with van der Waals surface area (Å²) in [6, 6.07) is 3.65. The number of primary amides is 1. The highest BCUT2D eigenvalue weighted by molar-refractivity contribution is 7.17. The first-order valence-electron chi connectivity index (χ1n) is 7.77. The molecule has 1 aliphatic carbocycles. The van der Waals surface area contributed by atoms with Gasteiger partial charge in [0.25, 0.3) is 11.8 Å². The molecule has 0 radical (unpaired) electrons. The Bertz CT molecular complexity index is 838. The Labute approximate surface area is 152 Å². The van der Waals surface area contributed by atoms with Crippen LogP contribution in [0.2, 0.25) is 5.02 Å². The van der Waals surface area contributed by atoms with Crippen LogP contribution in [-0.2, 0) is 17.6 Å². The lowest BCUT2D eigenvalue weighted by atomic mass is 9.95. The molecule has 0 saturated heterocycles. The number of aryl methyl sites for hydroxylation is 1. The van der Waals surface area contributed by atoms with Gasteiger partial charge in [0.1, 0.15) is 16.6 Å². The van der Waals surface area contributed by atoms with E-state index >= 15 is 0 Å². The van der Waals surface area contributed by atoms with Crippen molar-refractivity contribution < 1.29 is 18.7 Å². The van der Waals surface area contributed by atoms with Gasteiger partial charge in [-0.25, -0.2) is 4.39 Å². The van der Waals surface area contributed by atoms with Crippen LogP contribution in [0.1, 0.15) is 33.6 Å². The average molecular weight is 383 g/mol. The minimum Gasteiger partial charge on any atom is -0.482 e. The van der Waals surface area contributed by atoms with Crippen molar-refractivity contribution in [1.29, 1.82) is 0 Å². The Balaban J connectivity index is 1.70. The summed E-state index contributed by atoms with van der Waals surface area (Å²) in [5.74, 6) is -1.27. The van der Waals surface area contributed by atoms with Crippen molar-refractivity contribution in [3.05, 3.63) is 45.0 Å². The van der Waals surface area contributed by atoms with Crippen molar-refractivity contribution in [1.82, 2.24) is 0 Å². The van der Waals surface area contributed by atoms with Crippen molar-refractivity contribution in [3.8, 4) is 5.75 Å². The maximum absolute atomic E-state index is 13.0. The monoisotopic (exact) mass is 382 g/mol. The summed E-state index contributed by atoms with van der Waals surface area (Å²) in [5.41, 5.74) is 6.83. The first-order valence-corrected chi connectivity index (χ1v) is 8.97. The van der Waals surface area contributed by atoms with E-state index in [1.807, 2.05) is 0 Å². The lowest BCUT2D eigenvalue weighted by Gasteiger charge is -2.11. The van der Waals surface area contributed by atoms with Gasteiger partial charge in [-0.15, -0.1) is 11.3 Å². The van der Waals surface area contributed by atoms with Crippen LogP contribution >= 0.6 is 22.9 Å². The zero-order valence-corrected chi connectivity index (χ0v) is 14.8. The molecule has 132 valence electrons. The molecule has 25 heavy (non-hydrogen) atoms. The number of rotatable bonds is 5. The number of hydrogen-bond acceptors (Lipinski definition) is 4. The first kappa shape index (κ1) is 17.7. The van der Waals surface area contributed by atoms with Crippen LogP contribution in [0.15, 0.2) is 18.2 Å². The van der Waals surface area contributed by atoms with E-state index in [1.165, 1.54) is 23.5 Å². The third-order valence-corrected chi connectivity index (χ3v) is 5.43. The minimum atomic E-state index is -0.544. The molecule has 5 nitrogen and oxygen atoms in total. The Morgan fingerprint density at radius 1 is 1.32 bits per heavy atom. The molecule has 1 aromatic carbocycles. The summed E-state index contributed by atoms with van der Waals surface area (Å²) in [4.78, 5) is 25.0. The third kappa shape index (κ3) is 3.93. The average Bonchev–Trinajstić information content (AvgIpc) is 2.91. The van der Waals surface area contributed by atoms with Crippen LogP contribution in [0.3, 0.4) is 0 Å². The smallest absolute Gasteiger partial charge is 0.262 e. The van der Waals surface area contributed by atoms with Gasteiger partial charge in [-0.05, 0) is 49.4 Å². The van der Waals surface area contributed by atoms with E-state index in [9.17, 15) is 14.0 Å². The van der Waals surface area contributed by atoms with E-state index in [4.69, 9.17) is 22.1 Å². The minimum absolute atomic E-state index is 0.0808. The largest absolute Gasteiger partial charge is 0.482 e. The Kier molecular flexibility index (Phi) is 5.24. The maximum atomic E-state index is 13.0. The number of nitrogens with two attached hydrogens (primary N) is 1. The number of benzene rings is 1. The van der Waals surface area contributed by atoms with Crippen LogP contribution in [0, 0.1) is 5.82 Å². The topological polar surface area (TPSA) is 81.4 Å². The van der Waals surface area contributed by atoms with Crippen LogP contribution in [0.25, 0.3) is 0 Å². The second-order valence-electron chi connectivity index (χ2n) is 5.69. The standard InChI is InChI=1S/C17H16ClFN2O3S/c18-11-7-9(19)5-6-12(11)24-8-14(22)21-17-15(16(20)23)10-3-1-2-4-13(10)25-17/h5-7H,1-4,8H2,(H2,20,23)(H,21,22). The molecule has 3 N–H and O–H groups in total. The zero-order chi connectivity index (χ0) is 18.0. The molecule has 0 unspecified atom stereocenters. The number of hydrogen-bond donors (Lipinski definition) is 2. The maximum Gasteiger partial charge on any atom is 0.262 e. The van der Waals surface area contributed by atoms with E-state index in [0.29, 0.717) is 10.6 Å². The molecular formula is C17H16ClFN2O3S. The molecule has 1 aliphatic rings. The van der Waals surface area contributed by atoms with Crippen molar-refractivity contribution in [2.45, 2.75) is 25.7 Å². The molecule has 2 amide bonds. The number of halogens is 2. The van der Waals surface area contributed by atoms with Gasteiger partial charge >= 0.3 is 0 Å². The van der Waals surface area contributed by atoms with Crippen LogP contribution in [0.4, 0.5) is 9.39 Å². The van der Waals surface area contributed by atoms with Gasteiger partial charge in [0.2, 0.25) is 0 Å². The Morgan fingerprint density at radius 3 is 2.80 bits per heavy atom. The summed E-state index contributed by atoms with van der Waals surface area (Å²) >= 11 is 7.23. The lowest BCUT2D eigenvalue weighted by molar-refractivity contribution is -0.118. The molecule has 0 saturated carbocycles. The Morgan fingerprint density at radius 2 is 2.08 bits per heavy atom. The summed E-state index contributed by atoms with van der Waals surface area (Å²) in [6.07, 6.45) is 3.74. The number of nitrogens with one attached hydrogen (secondary N) is 1. The van der Waals surface area contributed by atoms with Crippen LogP contribution in [0.5, 0.6) is 5.75 Å². The highest BCUT2D eigenvalue weighted by Crippen LogP contribution is 2.37. The number of amides is 2. The van der Waals surface area contributed by atoms with E-state index in [1.54, 1.807) is 0 Å². The zero-order valence-electron chi connectivity index (χ0n) is 13.2. The third-order valence-electron chi connectivity index (χ3n) is 3.92. The number of ether oxygens (including phenoxy) is 1. The Hall–Kier alpha value is -2.12. The van der Waals surface area contributed by atoms with Crippen LogP contribution in [-0.4, -0.2) is 18.4 Å². The molecule has 0 aliphatic heterocycles. The molecule has 1 aromatic heterocycles. The summed E-state index contributed by atoms with van der Waals surface area (Å²) in [6.45, 7) is -0.313. The van der Waals surface area contributed by atoms with Gasteiger partial charge in [-0.1, -0.05) is 11.6 Å². The second kappa shape index (κ2) is 7.41. The fourth-order valence-electron chi connectivity index (χ4n) is 2.81. The van der Waals surface area contributed by atoms with Crippen molar-refractivity contribution >= 4 is 39.8 Å². The van der Waals surface area contributed by atoms with Gasteiger partial charge < -0.3 is 15.8 Å². The van der Waals surface area contributed by atoms with Crippen molar-refractivity contribution in [3.63, 3.8) is 0 Å².